The Morgan fingerprint density at radius 3 is 1.31 bits per heavy atom. The zero-order valence-electron chi connectivity index (χ0n) is 17.6. The van der Waals surface area contributed by atoms with Crippen molar-refractivity contribution in [2.75, 3.05) is 0 Å². The van der Waals surface area contributed by atoms with Crippen molar-refractivity contribution in [3.05, 3.63) is 108 Å². The van der Waals surface area contributed by atoms with Gasteiger partial charge in [0.2, 0.25) is 0 Å². The maximum absolute atomic E-state index is 7.07. The van der Waals surface area contributed by atoms with Crippen molar-refractivity contribution < 1.29 is 26.8 Å². The molecule has 0 aliphatic heterocycles. The van der Waals surface area contributed by atoms with E-state index in [0.29, 0.717) is 0 Å². The Morgan fingerprint density at radius 2 is 1.00 bits per heavy atom. The molecule has 0 amide bonds. The van der Waals surface area contributed by atoms with Gasteiger partial charge in [-0.25, -0.2) is 0 Å². The first kappa shape index (κ1) is 20.2. The van der Waals surface area contributed by atoms with E-state index in [0.717, 1.165) is 11.5 Å². The van der Waals surface area contributed by atoms with Gasteiger partial charge >= 0.3 is 180 Å². The first-order valence-electron chi connectivity index (χ1n) is 10.1. The first-order valence-corrected chi connectivity index (χ1v) is 14.6. The van der Waals surface area contributed by atoms with Crippen molar-refractivity contribution in [3.8, 4) is 11.5 Å². The number of benzene rings is 2. The molecule has 148 valence electrons. The Morgan fingerprint density at radius 1 is 0.621 bits per heavy atom. The zero-order valence-corrected chi connectivity index (χ0v) is 20.0. The summed E-state index contributed by atoms with van der Waals surface area (Å²) in [6.07, 6.45) is 13.7. The molecule has 2 nitrogen and oxygen atoms in total. The summed E-state index contributed by atoms with van der Waals surface area (Å²) in [6.45, 7) is 8.86. The molecular weight excluding hydrogens is 436 g/mol. The van der Waals surface area contributed by atoms with Crippen LogP contribution in [0.15, 0.2) is 108 Å². The number of allylic oxidation sites excluding steroid dienone is 8. The van der Waals surface area contributed by atoms with Crippen LogP contribution in [0.25, 0.3) is 0 Å². The molecule has 2 atom stereocenters. The van der Waals surface area contributed by atoms with E-state index >= 15 is 0 Å². The van der Waals surface area contributed by atoms with Gasteiger partial charge < -0.3 is 0 Å². The summed E-state index contributed by atoms with van der Waals surface area (Å²) in [6, 6.07) is 20.3. The molecule has 29 heavy (non-hydrogen) atoms. The molecule has 2 aromatic rings. The van der Waals surface area contributed by atoms with Gasteiger partial charge in [0, 0.05) is 0 Å². The number of hydrogen-bond donors (Lipinski definition) is 0. The summed E-state index contributed by atoms with van der Waals surface area (Å²) >= 11 is -4.12. The second-order valence-electron chi connectivity index (χ2n) is 8.46. The van der Waals surface area contributed by atoms with Crippen LogP contribution in [0.2, 0.25) is 6.25 Å². The van der Waals surface area contributed by atoms with Crippen LogP contribution in [-0.2, 0) is 21.1 Å². The molecule has 0 saturated heterocycles. The van der Waals surface area contributed by atoms with Crippen molar-refractivity contribution in [3.63, 3.8) is 0 Å². The molecule has 2 unspecified atom stereocenters. The standard InChI is InChI=1S/2C7H9.2C6H6O.Zr/c2*1-6-3-4-7(2)5-6;2*7-6-4-2-1-3-5-6;/h2*3-5H,1-2H3;2*1-5,7H;/q;;;;+2/p-2. The van der Waals surface area contributed by atoms with Crippen LogP contribution < -0.4 is 5.63 Å². The van der Waals surface area contributed by atoms with Gasteiger partial charge in [0.1, 0.15) is 0 Å². The number of rotatable bonds is 6. The molecule has 0 heterocycles. The van der Waals surface area contributed by atoms with Gasteiger partial charge in [0.15, 0.2) is 0 Å². The third kappa shape index (κ3) is 3.62. The Hall–Kier alpha value is -2.12. The molecule has 4 rings (SSSR count). The third-order valence-electron chi connectivity index (χ3n) is 5.87. The van der Waals surface area contributed by atoms with Gasteiger partial charge in [-0.1, -0.05) is 0 Å². The van der Waals surface area contributed by atoms with Gasteiger partial charge in [-0.15, -0.1) is 0 Å². The molecule has 3 heteroatoms. The Bertz CT molecular complexity index is 920. The van der Waals surface area contributed by atoms with E-state index in [2.05, 4.69) is 64.2 Å². The molecule has 2 aromatic carbocycles. The van der Waals surface area contributed by atoms with E-state index in [4.69, 9.17) is 5.63 Å². The van der Waals surface area contributed by atoms with Crippen molar-refractivity contribution in [2.24, 2.45) is 0 Å². The topological polar surface area (TPSA) is 18.5 Å². The molecule has 2 aliphatic rings. The van der Waals surface area contributed by atoms with Crippen LogP contribution in [0.3, 0.4) is 0 Å². The van der Waals surface area contributed by atoms with Crippen LogP contribution in [-0.4, -0.2) is 0 Å². The van der Waals surface area contributed by atoms with Gasteiger partial charge in [-0.2, -0.15) is 0 Å². The fourth-order valence-electron chi connectivity index (χ4n) is 4.51. The third-order valence-corrected chi connectivity index (χ3v) is 16.9. The van der Waals surface area contributed by atoms with E-state index in [-0.39, 0.29) is 6.25 Å². The minimum absolute atomic E-state index is 0.273. The van der Waals surface area contributed by atoms with E-state index in [1.54, 1.807) is 0 Å². The van der Waals surface area contributed by atoms with Crippen molar-refractivity contribution >= 4 is 0 Å². The van der Waals surface area contributed by atoms with Crippen molar-refractivity contribution in [1.82, 2.24) is 0 Å². The summed E-state index contributed by atoms with van der Waals surface area (Å²) in [5, 5.41) is 0. The van der Waals surface area contributed by atoms with Crippen molar-refractivity contribution in [2.45, 2.75) is 33.9 Å². The normalized spacial score (nSPS) is 25.7. The molecule has 0 fully saturated rings. The molecule has 0 bridgehead atoms. The second-order valence-corrected chi connectivity index (χ2v) is 17.8. The fraction of sp³-hybridized carbons (Fsp3) is 0.231. The van der Waals surface area contributed by atoms with Gasteiger partial charge in [-0.3, -0.25) is 0 Å². The second kappa shape index (κ2) is 7.61. The van der Waals surface area contributed by atoms with Crippen LogP contribution in [0.4, 0.5) is 0 Å². The van der Waals surface area contributed by atoms with E-state index in [9.17, 15) is 0 Å². The zero-order chi connectivity index (χ0) is 20.5. The SMILES string of the molecule is CC1=C[C](C)([Zr]([O]c2ccccc2)([O]c2ccccc2)[C]2(C)C=CC(C)=C2)C=C1. The van der Waals surface area contributed by atoms with Gasteiger partial charge in [0.25, 0.3) is 0 Å². The summed E-state index contributed by atoms with van der Waals surface area (Å²) < 4.78 is 13.6. The quantitative estimate of drug-likeness (QED) is 0.441. The molecular formula is C26H28O2Zr. The molecule has 0 N–H and O–H groups in total. The Kier molecular flexibility index (Phi) is 5.29. The van der Waals surface area contributed by atoms with E-state index < -0.39 is 21.1 Å². The predicted octanol–water partition coefficient (Wildman–Crippen LogP) is 7.52. The maximum atomic E-state index is 7.07. The van der Waals surface area contributed by atoms with Crippen LogP contribution >= 0.6 is 0 Å². The minimum atomic E-state index is -4.12. The Balaban J connectivity index is 1.94. The first-order chi connectivity index (χ1) is 13.9. The number of hydrogen-bond acceptors (Lipinski definition) is 2. The van der Waals surface area contributed by atoms with Gasteiger partial charge in [0.05, 0.1) is 0 Å². The molecule has 0 aromatic heterocycles. The van der Waals surface area contributed by atoms with E-state index in [1.165, 1.54) is 11.1 Å². The van der Waals surface area contributed by atoms with E-state index in [1.807, 2.05) is 60.7 Å². The average molecular weight is 464 g/mol. The molecule has 0 radical (unpaired) electrons. The molecule has 2 aliphatic carbocycles. The average Bonchev–Trinajstić information content (AvgIpc) is 3.25. The molecule has 0 saturated carbocycles. The molecule has 0 spiro atoms. The summed E-state index contributed by atoms with van der Waals surface area (Å²) in [5.41, 5.74) is 2.52. The van der Waals surface area contributed by atoms with Gasteiger partial charge in [-0.05, 0) is 0 Å². The summed E-state index contributed by atoms with van der Waals surface area (Å²) in [5.74, 6) is 1.75. The monoisotopic (exact) mass is 462 g/mol. The number of para-hydroxylation sites is 2. The fourth-order valence-corrected chi connectivity index (χ4v) is 15.5. The van der Waals surface area contributed by atoms with Crippen LogP contribution in [0.5, 0.6) is 11.5 Å². The van der Waals surface area contributed by atoms with Crippen LogP contribution in [0.1, 0.15) is 27.7 Å². The predicted molar refractivity (Wildman–Crippen MR) is 117 cm³/mol. The Labute approximate surface area is 179 Å². The summed E-state index contributed by atoms with van der Waals surface area (Å²) in [4.78, 5) is 0. The van der Waals surface area contributed by atoms with Crippen LogP contribution in [0, 0.1) is 0 Å². The summed E-state index contributed by atoms with van der Waals surface area (Å²) in [7, 11) is 0. The van der Waals surface area contributed by atoms with Crippen molar-refractivity contribution in [1.29, 1.82) is 0 Å².